The summed E-state index contributed by atoms with van der Waals surface area (Å²) in [4.78, 5) is 26.4. The predicted molar refractivity (Wildman–Crippen MR) is 82.1 cm³/mol. The van der Waals surface area contributed by atoms with E-state index in [2.05, 4.69) is 9.58 Å². The number of carbonyl (C=O) groups is 2. The van der Waals surface area contributed by atoms with Gasteiger partial charge in [-0.1, -0.05) is 12.1 Å². The Morgan fingerprint density at radius 2 is 1.92 bits per heavy atom. The van der Waals surface area contributed by atoms with Gasteiger partial charge in [0.05, 0.1) is 6.42 Å². The minimum atomic E-state index is -4.41. The van der Waals surface area contributed by atoms with Gasteiger partial charge in [0.15, 0.2) is 12.4 Å². The number of nitrogens with zero attached hydrogens (tertiary/aromatic N) is 1. The van der Waals surface area contributed by atoms with Crippen LogP contribution in [0.3, 0.4) is 0 Å². The van der Waals surface area contributed by atoms with Crippen LogP contribution < -0.4 is 0 Å². The molecule has 8 heteroatoms. The number of ether oxygens (including phenoxy) is 1. The smallest absolute Gasteiger partial charge is 0.446 e. The van der Waals surface area contributed by atoms with Crippen LogP contribution in [0.5, 0.6) is 0 Å². The standard InChI is InChI=1S/C16H12F3NO3S/c1-4-14(22)23-10-15(2,20-3)9-13(21)11-5-7-12(8-6-11)24-16(17,18)19/h1,5-8H,9-10H2,2H3. The average Bonchev–Trinajstić information content (AvgIpc) is 2.51. The SMILES string of the molecule is [C-]#[N+]C(C)(COC(=O)C#C)CC(=O)c1ccc(SC(F)(F)F)cc1. The van der Waals surface area contributed by atoms with Gasteiger partial charge in [0.2, 0.25) is 0 Å². The number of esters is 1. The van der Waals surface area contributed by atoms with Crippen molar-refractivity contribution in [2.75, 3.05) is 6.61 Å². The molecule has 0 aliphatic carbocycles. The summed E-state index contributed by atoms with van der Waals surface area (Å²) >= 11 is -0.283. The molecule has 0 aliphatic rings. The molecule has 1 aromatic carbocycles. The molecular weight excluding hydrogens is 343 g/mol. The van der Waals surface area contributed by atoms with E-state index in [1.807, 2.05) is 0 Å². The number of halogens is 3. The predicted octanol–water partition coefficient (Wildman–Crippen LogP) is 3.73. The first-order chi connectivity index (χ1) is 11.1. The number of carbonyl (C=O) groups excluding carboxylic acids is 2. The molecule has 0 aliphatic heterocycles. The lowest BCUT2D eigenvalue weighted by Crippen LogP contribution is -2.31. The van der Waals surface area contributed by atoms with Gasteiger partial charge >= 0.3 is 11.5 Å². The van der Waals surface area contributed by atoms with Gasteiger partial charge in [0.1, 0.15) is 0 Å². The van der Waals surface area contributed by atoms with Gasteiger partial charge in [-0.2, -0.15) is 13.2 Å². The Balaban J connectivity index is 2.77. The van der Waals surface area contributed by atoms with Crippen LogP contribution in [-0.2, 0) is 9.53 Å². The summed E-state index contributed by atoms with van der Waals surface area (Å²) in [7, 11) is 0. The molecule has 0 radical (unpaired) electrons. The lowest BCUT2D eigenvalue weighted by Gasteiger charge is -2.15. The van der Waals surface area contributed by atoms with E-state index < -0.39 is 22.8 Å². The zero-order chi connectivity index (χ0) is 18.4. The van der Waals surface area contributed by atoms with E-state index in [4.69, 9.17) is 13.0 Å². The Morgan fingerprint density at radius 1 is 1.33 bits per heavy atom. The van der Waals surface area contributed by atoms with Crippen LogP contribution in [0.25, 0.3) is 4.85 Å². The highest BCUT2D eigenvalue weighted by molar-refractivity contribution is 8.00. The number of benzene rings is 1. The molecule has 1 rings (SSSR count). The Kier molecular flexibility index (Phi) is 6.44. The fourth-order valence-electron chi connectivity index (χ4n) is 1.68. The zero-order valence-electron chi connectivity index (χ0n) is 12.5. The molecule has 0 fully saturated rings. The number of thioether (sulfide) groups is 1. The van der Waals surface area contributed by atoms with Crippen molar-refractivity contribution < 1.29 is 27.5 Å². The van der Waals surface area contributed by atoms with Crippen LogP contribution in [0.1, 0.15) is 23.7 Å². The Morgan fingerprint density at radius 3 is 2.38 bits per heavy atom. The Labute approximate surface area is 141 Å². The summed E-state index contributed by atoms with van der Waals surface area (Å²) in [5.41, 5.74) is -5.54. The molecule has 0 bridgehead atoms. The van der Waals surface area contributed by atoms with Gasteiger partial charge in [-0.25, -0.2) is 11.4 Å². The first-order valence-electron chi connectivity index (χ1n) is 6.49. The van der Waals surface area contributed by atoms with Crippen molar-refractivity contribution in [3.05, 3.63) is 41.2 Å². The first kappa shape index (κ1) is 19.6. The number of hydrogen-bond donors (Lipinski definition) is 0. The maximum absolute atomic E-state index is 12.3. The molecule has 0 spiro atoms. The van der Waals surface area contributed by atoms with Crippen molar-refractivity contribution >= 4 is 23.5 Å². The lowest BCUT2D eigenvalue weighted by atomic mass is 9.94. The van der Waals surface area contributed by atoms with E-state index in [9.17, 15) is 22.8 Å². The van der Waals surface area contributed by atoms with Crippen LogP contribution in [0.2, 0.25) is 0 Å². The summed E-state index contributed by atoms with van der Waals surface area (Å²) in [5, 5.41) is 0. The molecule has 0 aromatic heterocycles. The maximum Gasteiger partial charge on any atom is 0.446 e. The summed E-state index contributed by atoms with van der Waals surface area (Å²) in [6.07, 6.45) is 4.58. The molecular formula is C16H12F3NO3S. The van der Waals surface area contributed by atoms with Gasteiger partial charge in [-0.05, 0) is 23.9 Å². The maximum atomic E-state index is 12.3. The normalized spacial score (nSPS) is 13.2. The number of ketones is 1. The molecule has 126 valence electrons. The highest BCUT2D eigenvalue weighted by atomic mass is 32.2. The van der Waals surface area contributed by atoms with Crippen molar-refractivity contribution in [2.24, 2.45) is 0 Å². The number of terminal acetylenes is 1. The molecule has 24 heavy (non-hydrogen) atoms. The third-order valence-corrected chi connectivity index (χ3v) is 3.59. The second-order valence-corrected chi connectivity index (χ2v) is 6.14. The van der Waals surface area contributed by atoms with Gasteiger partial charge in [-0.3, -0.25) is 4.79 Å². The van der Waals surface area contributed by atoms with Crippen molar-refractivity contribution in [2.45, 2.75) is 29.3 Å². The topological polar surface area (TPSA) is 47.7 Å². The summed E-state index contributed by atoms with van der Waals surface area (Å²) in [6.45, 7) is 8.22. The number of hydrogen-bond acceptors (Lipinski definition) is 4. The molecule has 0 N–H and O–H groups in total. The summed E-state index contributed by atoms with van der Waals surface area (Å²) in [5.74, 6) is 0.339. The van der Waals surface area contributed by atoms with Gasteiger partial charge in [0, 0.05) is 23.3 Å². The third-order valence-electron chi connectivity index (χ3n) is 2.85. The molecule has 4 nitrogen and oxygen atoms in total. The van der Waals surface area contributed by atoms with E-state index in [-0.39, 0.29) is 35.2 Å². The number of alkyl halides is 3. The highest BCUT2D eigenvalue weighted by Crippen LogP contribution is 2.36. The fraction of sp³-hybridized carbons (Fsp3) is 0.312. The van der Waals surface area contributed by atoms with E-state index in [0.717, 1.165) is 0 Å². The van der Waals surface area contributed by atoms with E-state index >= 15 is 0 Å². The largest absolute Gasteiger partial charge is 0.447 e. The van der Waals surface area contributed by atoms with E-state index in [0.29, 0.717) is 0 Å². The number of Topliss-reactive ketones (excluding diaryl/α,β-unsaturated/α-hetero) is 1. The fourth-order valence-corrected chi connectivity index (χ4v) is 2.22. The van der Waals surface area contributed by atoms with Crippen LogP contribution in [0.4, 0.5) is 13.2 Å². The second kappa shape index (κ2) is 7.89. The van der Waals surface area contributed by atoms with Crippen LogP contribution in [0.15, 0.2) is 29.2 Å². The summed E-state index contributed by atoms with van der Waals surface area (Å²) < 4.78 is 41.5. The minimum Gasteiger partial charge on any atom is -0.447 e. The van der Waals surface area contributed by atoms with Gasteiger partial charge in [0.25, 0.3) is 5.54 Å². The minimum absolute atomic E-state index is 0.0464. The quantitative estimate of drug-likeness (QED) is 0.195. The highest BCUT2D eigenvalue weighted by Gasteiger charge is 2.36. The van der Waals surface area contributed by atoms with Gasteiger partial charge in [-0.15, -0.1) is 6.42 Å². The van der Waals surface area contributed by atoms with Crippen molar-refractivity contribution in [1.82, 2.24) is 0 Å². The zero-order valence-corrected chi connectivity index (χ0v) is 13.3. The summed E-state index contributed by atoms with van der Waals surface area (Å²) in [6, 6.07) is 4.88. The first-order valence-corrected chi connectivity index (χ1v) is 7.31. The second-order valence-electron chi connectivity index (χ2n) is 5.00. The lowest BCUT2D eigenvalue weighted by molar-refractivity contribution is -0.137. The molecule has 0 saturated heterocycles. The molecule has 0 saturated carbocycles. The van der Waals surface area contributed by atoms with E-state index in [1.54, 1.807) is 5.92 Å². The Bertz CT molecular complexity index is 701. The van der Waals surface area contributed by atoms with Crippen LogP contribution in [0, 0.1) is 18.9 Å². The van der Waals surface area contributed by atoms with Crippen molar-refractivity contribution in [3.8, 4) is 12.3 Å². The van der Waals surface area contributed by atoms with Crippen molar-refractivity contribution in [3.63, 3.8) is 0 Å². The third kappa shape index (κ3) is 6.35. The van der Waals surface area contributed by atoms with Gasteiger partial charge < -0.3 is 9.58 Å². The molecule has 1 atom stereocenters. The molecule has 0 amide bonds. The molecule has 0 heterocycles. The average molecular weight is 355 g/mol. The van der Waals surface area contributed by atoms with Crippen LogP contribution >= 0.6 is 11.8 Å². The van der Waals surface area contributed by atoms with Crippen molar-refractivity contribution in [1.29, 1.82) is 0 Å². The number of rotatable bonds is 6. The monoisotopic (exact) mass is 355 g/mol. The Hall–Kier alpha value is -2.45. The van der Waals surface area contributed by atoms with E-state index in [1.165, 1.54) is 31.2 Å². The van der Waals surface area contributed by atoms with Crippen LogP contribution in [-0.4, -0.2) is 29.4 Å². The molecule has 1 aromatic rings. The molecule has 1 unspecified atom stereocenters.